The SMILES string of the molecule is Cc1nc2cccnn2n1. The average Bonchev–Trinajstić information content (AvgIpc) is 2.27. The highest BCUT2D eigenvalue weighted by Crippen LogP contribution is 1.94. The highest BCUT2D eigenvalue weighted by molar-refractivity contribution is 5.33. The summed E-state index contributed by atoms with van der Waals surface area (Å²) in [5, 5.41) is 7.95. The standard InChI is InChI=1S/C6H6N4/c1-5-8-6-3-2-4-7-10(6)9-5/h2-4H,1H3. The quantitative estimate of drug-likeness (QED) is 0.524. The number of fused-ring (bicyclic) bond motifs is 1. The van der Waals surface area contributed by atoms with Gasteiger partial charge in [0.05, 0.1) is 0 Å². The largest absolute Gasteiger partial charge is 0.210 e. The maximum Gasteiger partial charge on any atom is 0.176 e. The molecule has 2 aromatic rings. The molecule has 4 nitrogen and oxygen atoms in total. The molecular formula is C6H6N4. The van der Waals surface area contributed by atoms with Crippen molar-refractivity contribution in [3.05, 3.63) is 24.2 Å². The number of hydrogen-bond acceptors (Lipinski definition) is 3. The Bertz CT molecular complexity index is 318. The van der Waals surface area contributed by atoms with Gasteiger partial charge in [-0.2, -0.15) is 5.10 Å². The maximum atomic E-state index is 4.10. The molecule has 0 radical (unpaired) electrons. The summed E-state index contributed by atoms with van der Waals surface area (Å²) < 4.78 is 1.51. The van der Waals surface area contributed by atoms with Gasteiger partial charge in [-0.15, -0.1) is 9.73 Å². The highest BCUT2D eigenvalue weighted by Gasteiger charge is 1.95. The van der Waals surface area contributed by atoms with E-state index in [-0.39, 0.29) is 0 Å². The first-order valence-electron chi connectivity index (χ1n) is 3.01. The van der Waals surface area contributed by atoms with Crippen LogP contribution >= 0.6 is 0 Å². The van der Waals surface area contributed by atoms with Crippen LogP contribution < -0.4 is 0 Å². The smallest absolute Gasteiger partial charge is 0.176 e. The molecule has 0 aliphatic heterocycles. The summed E-state index contributed by atoms with van der Waals surface area (Å²) in [5.41, 5.74) is 0.792. The Balaban J connectivity index is 2.88. The van der Waals surface area contributed by atoms with E-state index in [0.29, 0.717) is 0 Å². The van der Waals surface area contributed by atoms with Gasteiger partial charge in [-0.3, -0.25) is 0 Å². The number of aromatic nitrogens is 4. The van der Waals surface area contributed by atoms with Gasteiger partial charge in [-0.1, -0.05) is 0 Å². The van der Waals surface area contributed by atoms with Gasteiger partial charge in [0.1, 0.15) is 5.82 Å². The second kappa shape index (κ2) is 1.76. The van der Waals surface area contributed by atoms with Gasteiger partial charge >= 0.3 is 0 Å². The van der Waals surface area contributed by atoms with Crippen LogP contribution in [0.2, 0.25) is 0 Å². The molecule has 0 fully saturated rings. The third-order valence-corrected chi connectivity index (χ3v) is 1.23. The van der Waals surface area contributed by atoms with Gasteiger partial charge in [0.25, 0.3) is 0 Å². The van der Waals surface area contributed by atoms with Gasteiger partial charge in [0.15, 0.2) is 5.65 Å². The Morgan fingerprint density at radius 2 is 2.40 bits per heavy atom. The number of aryl methyl sites for hydroxylation is 1. The summed E-state index contributed by atoms with van der Waals surface area (Å²) in [4.78, 5) is 4.10. The van der Waals surface area contributed by atoms with E-state index in [1.807, 2.05) is 19.1 Å². The number of rotatable bonds is 0. The highest BCUT2D eigenvalue weighted by atomic mass is 15.4. The lowest BCUT2D eigenvalue weighted by Gasteiger charge is -1.83. The van der Waals surface area contributed by atoms with Crippen molar-refractivity contribution in [1.29, 1.82) is 0 Å². The molecule has 0 unspecified atom stereocenters. The van der Waals surface area contributed by atoms with Gasteiger partial charge in [0.2, 0.25) is 0 Å². The lowest BCUT2D eigenvalue weighted by atomic mass is 10.6. The van der Waals surface area contributed by atoms with Crippen molar-refractivity contribution in [3.63, 3.8) is 0 Å². The van der Waals surface area contributed by atoms with Crippen molar-refractivity contribution in [2.45, 2.75) is 6.92 Å². The molecule has 2 heterocycles. The Labute approximate surface area is 57.5 Å². The molecular weight excluding hydrogens is 128 g/mol. The van der Waals surface area contributed by atoms with E-state index >= 15 is 0 Å². The molecule has 10 heavy (non-hydrogen) atoms. The summed E-state index contributed by atoms with van der Waals surface area (Å²) >= 11 is 0. The number of hydrogen-bond donors (Lipinski definition) is 0. The molecule has 2 rings (SSSR count). The van der Waals surface area contributed by atoms with Gasteiger partial charge < -0.3 is 0 Å². The molecule has 0 aliphatic carbocycles. The van der Waals surface area contributed by atoms with Crippen molar-refractivity contribution in [2.24, 2.45) is 0 Å². The minimum Gasteiger partial charge on any atom is -0.210 e. The Kier molecular flexibility index (Phi) is 0.943. The van der Waals surface area contributed by atoms with Crippen LogP contribution in [0.3, 0.4) is 0 Å². The van der Waals surface area contributed by atoms with Crippen LogP contribution in [0.4, 0.5) is 0 Å². The summed E-state index contributed by atoms with van der Waals surface area (Å²) in [6.45, 7) is 1.84. The molecule has 2 aromatic heterocycles. The lowest BCUT2D eigenvalue weighted by Crippen LogP contribution is -1.90. The van der Waals surface area contributed by atoms with Crippen molar-refractivity contribution < 1.29 is 0 Å². The van der Waals surface area contributed by atoms with Gasteiger partial charge in [-0.25, -0.2) is 4.98 Å². The van der Waals surface area contributed by atoms with E-state index in [4.69, 9.17) is 0 Å². The van der Waals surface area contributed by atoms with E-state index in [9.17, 15) is 0 Å². The van der Waals surface area contributed by atoms with Crippen LogP contribution in [0.15, 0.2) is 18.3 Å². The number of nitrogens with zero attached hydrogens (tertiary/aromatic N) is 4. The molecule has 0 aromatic carbocycles. The molecule has 50 valence electrons. The molecule has 0 saturated heterocycles. The average molecular weight is 134 g/mol. The van der Waals surface area contributed by atoms with Crippen molar-refractivity contribution in [2.75, 3.05) is 0 Å². The molecule has 0 aliphatic rings. The fourth-order valence-corrected chi connectivity index (χ4v) is 0.841. The molecule has 0 amide bonds. The predicted molar refractivity (Wildman–Crippen MR) is 35.5 cm³/mol. The van der Waals surface area contributed by atoms with E-state index in [1.54, 1.807) is 6.20 Å². The van der Waals surface area contributed by atoms with Gasteiger partial charge in [0, 0.05) is 6.20 Å². The molecule has 0 bridgehead atoms. The van der Waals surface area contributed by atoms with E-state index in [1.165, 1.54) is 4.63 Å². The summed E-state index contributed by atoms with van der Waals surface area (Å²) in [6, 6.07) is 3.70. The van der Waals surface area contributed by atoms with E-state index < -0.39 is 0 Å². The zero-order valence-corrected chi connectivity index (χ0v) is 5.52. The van der Waals surface area contributed by atoms with Crippen molar-refractivity contribution in [1.82, 2.24) is 19.8 Å². The van der Waals surface area contributed by atoms with Crippen LogP contribution in [0, 0.1) is 6.92 Å². The summed E-state index contributed by atoms with van der Waals surface area (Å²) in [5.74, 6) is 0.749. The first-order valence-corrected chi connectivity index (χ1v) is 3.01. The summed E-state index contributed by atoms with van der Waals surface area (Å²) in [6.07, 6.45) is 1.68. The zero-order chi connectivity index (χ0) is 6.97. The first kappa shape index (κ1) is 5.34. The van der Waals surface area contributed by atoms with E-state index in [0.717, 1.165) is 11.5 Å². The molecule has 0 N–H and O–H groups in total. The molecule has 0 saturated carbocycles. The van der Waals surface area contributed by atoms with Crippen LogP contribution in [0.5, 0.6) is 0 Å². The maximum absolute atomic E-state index is 4.10. The normalized spacial score (nSPS) is 10.5. The monoisotopic (exact) mass is 134 g/mol. The first-order chi connectivity index (χ1) is 4.86. The van der Waals surface area contributed by atoms with Crippen LogP contribution in [-0.4, -0.2) is 19.8 Å². The fraction of sp³-hybridized carbons (Fsp3) is 0.167. The van der Waals surface area contributed by atoms with Gasteiger partial charge in [-0.05, 0) is 19.1 Å². The third-order valence-electron chi connectivity index (χ3n) is 1.23. The summed E-state index contributed by atoms with van der Waals surface area (Å²) in [7, 11) is 0. The minimum atomic E-state index is 0.749. The molecule has 4 heteroatoms. The third kappa shape index (κ3) is 0.655. The van der Waals surface area contributed by atoms with Crippen molar-refractivity contribution >= 4 is 5.65 Å². The predicted octanol–water partition coefficient (Wildman–Crippen LogP) is 0.433. The van der Waals surface area contributed by atoms with Crippen molar-refractivity contribution in [3.8, 4) is 0 Å². The molecule has 0 atom stereocenters. The lowest BCUT2D eigenvalue weighted by molar-refractivity contribution is 0.787. The second-order valence-electron chi connectivity index (χ2n) is 2.03. The topological polar surface area (TPSA) is 43.1 Å². The Morgan fingerprint density at radius 1 is 1.50 bits per heavy atom. The Morgan fingerprint density at radius 3 is 3.20 bits per heavy atom. The second-order valence-corrected chi connectivity index (χ2v) is 2.03. The zero-order valence-electron chi connectivity index (χ0n) is 5.52. The fourth-order valence-electron chi connectivity index (χ4n) is 0.841. The molecule has 0 spiro atoms. The minimum absolute atomic E-state index is 0.749. The Hall–Kier alpha value is -1.45. The van der Waals surface area contributed by atoms with Crippen LogP contribution in [0.25, 0.3) is 5.65 Å². The van der Waals surface area contributed by atoms with E-state index in [2.05, 4.69) is 15.2 Å². The van der Waals surface area contributed by atoms with Crippen LogP contribution in [-0.2, 0) is 0 Å². The van der Waals surface area contributed by atoms with Crippen LogP contribution in [0.1, 0.15) is 5.82 Å².